The molecule has 4 rings (SSSR count). The molecule has 6 nitrogen and oxygen atoms in total. The smallest absolute Gasteiger partial charge is 0.242 e. The summed E-state index contributed by atoms with van der Waals surface area (Å²) in [5.41, 5.74) is 0.857. The first-order chi connectivity index (χ1) is 13.5. The molecule has 2 saturated heterocycles. The van der Waals surface area contributed by atoms with Crippen LogP contribution in [-0.2, 0) is 14.4 Å². The molecular formula is C20H23Cl2N3O3. The predicted octanol–water partition coefficient (Wildman–Crippen LogP) is 2.82. The minimum absolute atomic E-state index is 0.136. The van der Waals surface area contributed by atoms with Gasteiger partial charge in [-0.3, -0.25) is 19.3 Å². The Morgan fingerprint density at radius 3 is 2.18 bits per heavy atom. The van der Waals surface area contributed by atoms with Crippen LogP contribution in [0.15, 0.2) is 18.2 Å². The lowest BCUT2D eigenvalue weighted by Crippen LogP contribution is -2.52. The van der Waals surface area contributed by atoms with Crippen molar-refractivity contribution in [2.24, 2.45) is 11.8 Å². The molecule has 0 spiro atoms. The second-order valence-corrected chi connectivity index (χ2v) is 8.49. The third-order valence-electron chi connectivity index (χ3n) is 6.13. The third kappa shape index (κ3) is 3.48. The number of carbonyl (C=O) groups is 3. The van der Waals surface area contributed by atoms with Crippen molar-refractivity contribution < 1.29 is 14.4 Å². The van der Waals surface area contributed by atoms with Gasteiger partial charge in [-0.25, -0.2) is 0 Å². The summed E-state index contributed by atoms with van der Waals surface area (Å²) in [5.74, 6) is -0.913. The number of amides is 3. The van der Waals surface area contributed by atoms with Gasteiger partial charge in [0, 0.05) is 26.2 Å². The maximum absolute atomic E-state index is 12.7. The Bertz CT molecular complexity index is 784. The Kier molecular flexibility index (Phi) is 5.52. The summed E-state index contributed by atoms with van der Waals surface area (Å²) >= 11 is 12.4. The van der Waals surface area contributed by atoms with Crippen molar-refractivity contribution in [3.8, 4) is 0 Å². The molecule has 1 saturated carbocycles. The van der Waals surface area contributed by atoms with E-state index in [1.807, 2.05) is 12.1 Å². The van der Waals surface area contributed by atoms with Crippen LogP contribution in [0.3, 0.4) is 0 Å². The van der Waals surface area contributed by atoms with E-state index in [-0.39, 0.29) is 36.1 Å². The van der Waals surface area contributed by atoms with Crippen molar-refractivity contribution in [3.05, 3.63) is 28.2 Å². The number of hydrogen-bond donors (Lipinski definition) is 0. The van der Waals surface area contributed by atoms with Gasteiger partial charge in [0.05, 0.1) is 27.6 Å². The average Bonchev–Trinajstić information content (AvgIpc) is 2.95. The standard InChI is InChI=1S/C20H23Cl2N3O3/c21-15-6-3-7-16(18(15)22)23-8-10-24(11-9-23)17(26)12-25-19(27)13-4-1-2-5-14(13)20(25)28/h3,6-7,13-14H,1-2,4-5,8-12H2. The minimum Gasteiger partial charge on any atom is -0.367 e. The van der Waals surface area contributed by atoms with Gasteiger partial charge in [-0.2, -0.15) is 0 Å². The molecule has 1 aromatic rings. The molecule has 0 N–H and O–H groups in total. The molecule has 3 fully saturated rings. The van der Waals surface area contributed by atoms with Gasteiger partial charge in [-0.15, -0.1) is 0 Å². The van der Waals surface area contributed by atoms with E-state index in [0.29, 0.717) is 36.2 Å². The normalized spacial score (nSPS) is 25.3. The molecule has 2 unspecified atom stereocenters. The van der Waals surface area contributed by atoms with Crippen molar-refractivity contribution in [3.63, 3.8) is 0 Å². The largest absolute Gasteiger partial charge is 0.367 e. The minimum atomic E-state index is -0.212. The second-order valence-electron chi connectivity index (χ2n) is 7.70. The highest BCUT2D eigenvalue weighted by molar-refractivity contribution is 6.43. The number of likely N-dealkylation sites (tertiary alicyclic amines) is 1. The lowest BCUT2D eigenvalue weighted by molar-refractivity contribution is -0.146. The number of carbonyl (C=O) groups excluding carboxylic acids is 3. The summed E-state index contributed by atoms with van der Waals surface area (Å²) < 4.78 is 0. The quantitative estimate of drug-likeness (QED) is 0.701. The fourth-order valence-corrected chi connectivity index (χ4v) is 4.97. The summed E-state index contributed by atoms with van der Waals surface area (Å²) in [4.78, 5) is 42.9. The zero-order valence-electron chi connectivity index (χ0n) is 15.6. The molecule has 2 heterocycles. The Hall–Kier alpha value is -1.79. The Labute approximate surface area is 174 Å². The van der Waals surface area contributed by atoms with Crippen molar-refractivity contribution in [2.75, 3.05) is 37.6 Å². The fraction of sp³-hybridized carbons (Fsp3) is 0.550. The highest BCUT2D eigenvalue weighted by Gasteiger charge is 2.48. The summed E-state index contributed by atoms with van der Waals surface area (Å²) in [5, 5.41) is 1.02. The van der Waals surface area contributed by atoms with E-state index < -0.39 is 0 Å². The SMILES string of the molecule is O=C(CN1C(=O)C2CCCCC2C1=O)N1CCN(c2cccc(Cl)c2Cl)CC1. The van der Waals surface area contributed by atoms with Crippen LogP contribution in [-0.4, -0.2) is 60.2 Å². The third-order valence-corrected chi connectivity index (χ3v) is 6.94. The zero-order valence-corrected chi connectivity index (χ0v) is 17.1. The van der Waals surface area contributed by atoms with Gasteiger partial charge in [0.2, 0.25) is 17.7 Å². The number of halogens is 2. The first-order valence-corrected chi connectivity index (χ1v) is 10.5. The molecule has 28 heavy (non-hydrogen) atoms. The predicted molar refractivity (Wildman–Crippen MR) is 107 cm³/mol. The molecule has 8 heteroatoms. The molecule has 0 aromatic heterocycles. The van der Waals surface area contributed by atoms with Gasteiger partial charge >= 0.3 is 0 Å². The van der Waals surface area contributed by atoms with E-state index >= 15 is 0 Å². The second kappa shape index (κ2) is 7.91. The molecule has 3 aliphatic rings. The Balaban J connectivity index is 1.36. The van der Waals surface area contributed by atoms with Crippen LogP contribution in [0.1, 0.15) is 25.7 Å². The van der Waals surface area contributed by atoms with E-state index in [4.69, 9.17) is 23.2 Å². The van der Waals surface area contributed by atoms with Crippen LogP contribution in [0.25, 0.3) is 0 Å². The van der Waals surface area contributed by atoms with Crippen LogP contribution < -0.4 is 4.90 Å². The van der Waals surface area contributed by atoms with E-state index in [1.54, 1.807) is 11.0 Å². The van der Waals surface area contributed by atoms with Crippen LogP contribution in [0.5, 0.6) is 0 Å². The van der Waals surface area contributed by atoms with Gasteiger partial charge in [-0.05, 0) is 25.0 Å². The van der Waals surface area contributed by atoms with Crippen molar-refractivity contribution >= 4 is 46.6 Å². The van der Waals surface area contributed by atoms with E-state index in [0.717, 1.165) is 31.4 Å². The number of nitrogens with zero attached hydrogens (tertiary/aromatic N) is 3. The van der Waals surface area contributed by atoms with Gasteiger partial charge < -0.3 is 9.80 Å². The first kappa shape index (κ1) is 19.5. The first-order valence-electron chi connectivity index (χ1n) is 9.79. The number of hydrogen-bond acceptors (Lipinski definition) is 4. The van der Waals surface area contributed by atoms with Crippen LogP contribution in [0.4, 0.5) is 5.69 Å². The van der Waals surface area contributed by atoms with Crippen LogP contribution in [0.2, 0.25) is 10.0 Å². The highest BCUT2D eigenvalue weighted by Crippen LogP contribution is 2.38. The summed E-state index contributed by atoms with van der Waals surface area (Å²) in [6.45, 7) is 2.15. The van der Waals surface area contributed by atoms with Crippen molar-refractivity contribution in [2.45, 2.75) is 25.7 Å². The van der Waals surface area contributed by atoms with Crippen molar-refractivity contribution in [1.29, 1.82) is 0 Å². The molecule has 0 radical (unpaired) electrons. The highest BCUT2D eigenvalue weighted by atomic mass is 35.5. The maximum Gasteiger partial charge on any atom is 0.242 e. The van der Waals surface area contributed by atoms with E-state index in [1.165, 1.54) is 4.90 Å². The average molecular weight is 424 g/mol. The monoisotopic (exact) mass is 423 g/mol. The molecular weight excluding hydrogens is 401 g/mol. The Morgan fingerprint density at radius 1 is 0.964 bits per heavy atom. The van der Waals surface area contributed by atoms with Gasteiger partial charge in [0.1, 0.15) is 6.54 Å². The topological polar surface area (TPSA) is 60.9 Å². The van der Waals surface area contributed by atoms with Crippen molar-refractivity contribution in [1.82, 2.24) is 9.80 Å². The lowest BCUT2D eigenvalue weighted by Gasteiger charge is -2.37. The van der Waals surface area contributed by atoms with E-state index in [9.17, 15) is 14.4 Å². The molecule has 1 aliphatic carbocycles. The molecule has 3 amide bonds. The maximum atomic E-state index is 12.7. The summed E-state index contributed by atoms with van der Waals surface area (Å²) in [6.07, 6.45) is 3.49. The number of fused-ring (bicyclic) bond motifs is 1. The molecule has 2 aliphatic heterocycles. The molecule has 150 valence electrons. The van der Waals surface area contributed by atoms with Gasteiger partial charge in [-0.1, -0.05) is 42.1 Å². The number of piperazine rings is 1. The van der Waals surface area contributed by atoms with Crippen LogP contribution in [0, 0.1) is 11.8 Å². The molecule has 2 atom stereocenters. The van der Waals surface area contributed by atoms with E-state index in [2.05, 4.69) is 4.90 Å². The molecule has 1 aromatic carbocycles. The number of anilines is 1. The summed E-state index contributed by atoms with van der Waals surface area (Å²) in [6, 6.07) is 5.51. The summed E-state index contributed by atoms with van der Waals surface area (Å²) in [7, 11) is 0. The fourth-order valence-electron chi connectivity index (χ4n) is 4.56. The van der Waals surface area contributed by atoms with Crippen LogP contribution >= 0.6 is 23.2 Å². The molecule has 0 bridgehead atoms. The Morgan fingerprint density at radius 2 is 1.57 bits per heavy atom. The zero-order chi connectivity index (χ0) is 19.8. The number of imide groups is 1. The number of rotatable bonds is 3. The lowest BCUT2D eigenvalue weighted by atomic mass is 9.81. The van der Waals surface area contributed by atoms with Gasteiger partial charge in [0.25, 0.3) is 0 Å². The van der Waals surface area contributed by atoms with Gasteiger partial charge in [0.15, 0.2) is 0 Å². The number of benzene rings is 1.